The van der Waals surface area contributed by atoms with Gasteiger partial charge < -0.3 is 14.6 Å². The van der Waals surface area contributed by atoms with Gasteiger partial charge >= 0.3 is 0 Å². The van der Waals surface area contributed by atoms with E-state index < -0.39 is 0 Å². The summed E-state index contributed by atoms with van der Waals surface area (Å²) in [4.78, 5) is 29.8. The molecule has 5 rings (SSSR count). The highest BCUT2D eigenvalue weighted by Gasteiger charge is 2.59. The van der Waals surface area contributed by atoms with Crippen molar-refractivity contribution in [2.24, 2.45) is 39.7 Å². The molecular weight excluding hydrogens is 428 g/mol. The number of hydrogen-bond donors (Lipinski definition) is 1. The predicted octanol–water partition coefficient (Wildman–Crippen LogP) is 5.44. The molecule has 4 unspecified atom stereocenters. The fourth-order valence-corrected chi connectivity index (χ4v) is 8.13. The van der Waals surface area contributed by atoms with Gasteiger partial charge in [-0.3, -0.25) is 9.59 Å². The van der Waals surface area contributed by atoms with Crippen molar-refractivity contribution in [2.45, 2.75) is 78.7 Å². The van der Waals surface area contributed by atoms with Gasteiger partial charge in [0.2, 0.25) is 0 Å². The Bertz CT molecular complexity index is 996. The number of ketones is 1. The maximum atomic E-state index is 12.3. The third-order valence-electron chi connectivity index (χ3n) is 9.89. The van der Waals surface area contributed by atoms with E-state index in [2.05, 4.69) is 30.4 Å². The summed E-state index contributed by atoms with van der Waals surface area (Å²) in [5, 5.41) is 7.08. The van der Waals surface area contributed by atoms with Crippen molar-refractivity contribution in [1.29, 1.82) is 0 Å². The third-order valence-corrected chi connectivity index (χ3v) is 9.89. The van der Waals surface area contributed by atoms with Crippen LogP contribution in [0.1, 0.15) is 77.9 Å². The second kappa shape index (κ2) is 9.01. The van der Waals surface area contributed by atoms with Crippen LogP contribution in [0.25, 0.3) is 0 Å². The zero-order chi connectivity index (χ0) is 23.9. The molecule has 6 nitrogen and oxygen atoms in total. The summed E-state index contributed by atoms with van der Waals surface area (Å²) in [5.74, 6) is 3.30. The summed E-state index contributed by atoms with van der Waals surface area (Å²) >= 11 is 0. The van der Waals surface area contributed by atoms with Crippen molar-refractivity contribution in [2.75, 3.05) is 6.61 Å². The maximum Gasteiger partial charge on any atom is 0.261 e. The van der Waals surface area contributed by atoms with Gasteiger partial charge in [-0.25, -0.2) is 0 Å². The second-order valence-electron chi connectivity index (χ2n) is 11.5. The van der Waals surface area contributed by atoms with E-state index in [4.69, 9.17) is 9.25 Å². The zero-order valence-electron chi connectivity index (χ0n) is 20.8. The molecule has 184 valence electrons. The molecule has 1 aromatic heterocycles. The van der Waals surface area contributed by atoms with Crippen molar-refractivity contribution in [3.05, 3.63) is 35.8 Å². The fourth-order valence-electron chi connectivity index (χ4n) is 8.13. The van der Waals surface area contributed by atoms with E-state index >= 15 is 0 Å². The minimum absolute atomic E-state index is 0.0904. The summed E-state index contributed by atoms with van der Waals surface area (Å²) < 4.78 is 5.22. The first-order chi connectivity index (χ1) is 16.3. The van der Waals surface area contributed by atoms with Crippen molar-refractivity contribution >= 4 is 17.4 Å². The summed E-state index contributed by atoms with van der Waals surface area (Å²) in [6, 6.07) is 3.62. The van der Waals surface area contributed by atoms with E-state index in [0.717, 1.165) is 37.3 Å². The van der Waals surface area contributed by atoms with Crippen LogP contribution in [0.3, 0.4) is 0 Å². The Morgan fingerprint density at radius 3 is 2.76 bits per heavy atom. The summed E-state index contributed by atoms with van der Waals surface area (Å²) in [6.45, 7) is 6.95. The van der Waals surface area contributed by atoms with Crippen LogP contribution in [-0.4, -0.2) is 24.0 Å². The molecule has 0 aliphatic heterocycles. The molecule has 0 aromatic carbocycles. The average molecular weight is 467 g/mol. The number of nitrogens with one attached hydrogen (secondary N) is 1. The Hall–Kier alpha value is -2.37. The number of amides is 1. The molecule has 0 radical (unpaired) electrons. The molecule has 1 N–H and O–H groups in total. The lowest BCUT2D eigenvalue weighted by Crippen LogP contribution is -2.51. The van der Waals surface area contributed by atoms with E-state index in [1.807, 2.05) is 6.07 Å². The highest BCUT2D eigenvalue weighted by molar-refractivity contribution is 5.96. The molecule has 0 bridgehead atoms. The van der Waals surface area contributed by atoms with Crippen molar-refractivity contribution in [3.63, 3.8) is 0 Å². The lowest BCUT2D eigenvalue weighted by atomic mass is 9.46. The normalized spacial score (nSPS) is 37.9. The number of furan rings is 1. The molecule has 1 aromatic rings. The Morgan fingerprint density at radius 2 is 2.00 bits per heavy atom. The molecule has 3 saturated carbocycles. The van der Waals surface area contributed by atoms with Crippen LogP contribution < -0.4 is 5.32 Å². The van der Waals surface area contributed by atoms with E-state index in [1.54, 1.807) is 19.3 Å². The van der Waals surface area contributed by atoms with E-state index in [0.29, 0.717) is 29.9 Å². The van der Waals surface area contributed by atoms with Gasteiger partial charge in [-0.2, -0.15) is 0 Å². The molecule has 6 atom stereocenters. The first-order valence-electron chi connectivity index (χ1n) is 13.0. The topological polar surface area (TPSA) is 80.9 Å². The van der Waals surface area contributed by atoms with Crippen LogP contribution >= 0.6 is 0 Å². The third kappa shape index (κ3) is 4.03. The lowest BCUT2D eigenvalue weighted by Gasteiger charge is -2.58. The number of carbonyl (C=O) groups excluding carboxylic acids is 2. The van der Waals surface area contributed by atoms with Gasteiger partial charge in [0.15, 0.2) is 6.61 Å². The maximum absolute atomic E-state index is 12.3. The number of nitrogens with zero attached hydrogens (tertiary/aromatic N) is 1. The van der Waals surface area contributed by atoms with Crippen LogP contribution in [0.4, 0.5) is 0 Å². The lowest BCUT2D eigenvalue weighted by molar-refractivity contribution is -0.128. The number of fused-ring (bicyclic) bond motifs is 5. The Balaban J connectivity index is 1.21. The highest BCUT2D eigenvalue weighted by atomic mass is 16.6. The standard InChI is InChI=1S/C28H38N2O4/c1-18(31)23-8-9-24-22-7-6-19-15-20(10-12-27(19,2)25(22)11-13-28(23,24)3)30-34-17-26(32)29-16-21-5-4-14-33-21/h4-5,14-15,22-25H,6-13,16-17H2,1-3H3,(H,29,32)/b30-20-/t22?,23?,24?,25?,27-,28+/m0/s1. The van der Waals surface area contributed by atoms with Gasteiger partial charge in [-0.05, 0) is 105 Å². The second-order valence-corrected chi connectivity index (χ2v) is 11.5. The van der Waals surface area contributed by atoms with E-state index in [9.17, 15) is 9.59 Å². The number of Topliss-reactive ketones (excluding diaryl/α,β-unsaturated/α-hetero) is 1. The van der Waals surface area contributed by atoms with E-state index in [-0.39, 0.29) is 29.3 Å². The Morgan fingerprint density at radius 1 is 1.15 bits per heavy atom. The van der Waals surface area contributed by atoms with Gasteiger partial charge in [-0.1, -0.05) is 24.6 Å². The SMILES string of the molecule is CC(=O)C1CCC2C3CCC4=C/C(=N\OCC(=O)NCc5ccco5)CC[C@]4(C)C3CC[C@]12C. The van der Waals surface area contributed by atoms with Crippen molar-refractivity contribution in [3.8, 4) is 0 Å². The molecule has 3 fully saturated rings. The van der Waals surface area contributed by atoms with Gasteiger partial charge in [0.1, 0.15) is 11.5 Å². The van der Waals surface area contributed by atoms with Crippen LogP contribution in [-0.2, 0) is 21.0 Å². The highest BCUT2D eigenvalue weighted by Crippen LogP contribution is 2.66. The Labute approximate surface area is 202 Å². The van der Waals surface area contributed by atoms with Gasteiger partial charge in [0, 0.05) is 5.92 Å². The van der Waals surface area contributed by atoms with Crippen LogP contribution in [0, 0.1) is 34.5 Å². The number of oxime groups is 1. The molecule has 0 spiro atoms. The van der Waals surface area contributed by atoms with E-state index in [1.165, 1.54) is 31.3 Å². The summed E-state index contributed by atoms with van der Waals surface area (Å²) in [7, 11) is 0. The molecule has 34 heavy (non-hydrogen) atoms. The quantitative estimate of drug-likeness (QED) is 0.566. The summed E-state index contributed by atoms with van der Waals surface area (Å²) in [5.41, 5.74) is 2.88. The Kier molecular flexibility index (Phi) is 6.19. The van der Waals surface area contributed by atoms with Crippen molar-refractivity contribution in [1.82, 2.24) is 5.32 Å². The number of allylic oxidation sites excluding steroid dienone is 2. The monoisotopic (exact) mass is 466 g/mol. The number of rotatable bonds is 6. The molecule has 6 heteroatoms. The van der Waals surface area contributed by atoms with Crippen LogP contribution in [0.15, 0.2) is 39.6 Å². The van der Waals surface area contributed by atoms with Crippen molar-refractivity contribution < 1.29 is 18.8 Å². The molecule has 1 heterocycles. The fraction of sp³-hybridized carbons (Fsp3) is 0.679. The molecule has 1 amide bonds. The van der Waals surface area contributed by atoms with Gasteiger partial charge in [0.05, 0.1) is 18.5 Å². The number of carbonyl (C=O) groups is 2. The molecule has 4 aliphatic rings. The van der Waals surface area contributed by atoms with Crippen LogP contribution in [0.2, 0.25) is 0 Å². The minimum atomic E-state index is -0.208. The molecular formula is C28H38N2O4. The zero-order valence-corrected chi connectivity index (χ0v) is 20.8. The molecule has 4 aliphatic carbocycles. The first kappa shape index (κ1) is 23.4. The van der Waals surface area contributed by atoms with Gasteiger partial charge in [0.25, 0.3) is 5.91 Å². The number of hydrogen-bond acceptors (Lipinski definition) is 5. The minimum Gasteiger partial charge on any atom is -0.467 e. The van der Waals surface area contributed by atoms with Crippen LogP contribution in [0.5, 0.6) is 0 Å². The largest absolute Gasteiger partial charge is 0.467 e. The first-order valence-corrected chi connectivity index (χ1v) is 13.0. The summed E-state index contributed by atoms with van der Waals surface area (Å²) in [6.07, 6.45) is 12.9. The average Bonchev–Trinajstić information content (AvgIpc) is 3.45. The smallest absolute Gasteiger partial charge is 0.261 e. The molecule has 0 saturated heterocycles. The van der Waals surface area contributed by atoms with Gasteiger partial charge in [-0.15, -0.1) is 0 Å². The predicted molar refractivity (Wildman–Crippen MR) is 130 cm³/mol.